The van der Waals surface area contributed by atoms with Crippen LogP contribution in [0.15, 0.2) is 0 Å². The van der Waals surface area contributed by atoms with Crippen molar-refractivity contribution < 1.29 is 0 Å². The predicted molar refractivity (Wildman–Crippen MR) is 75.2 cm³/mol. The van der Waals surface area contributed by atoms with Gasteiger partial charge in [0.1, 0.15) is 0 Å². The first-order valence-electron chi connectivity index (χ1n) is 7.88. The van der Waals surface area contributed by atoms with Crippen molar-refractivity contribution in [2.24, 2.45) is 17.3 Å². The summed E-state index contributed by atoms with van der Waals surface area (Å²) in [5.74, 6) is 1.96. The molecule has 2 saturated carbocycles. The van der Waals surface area contributed by atoms with Crippen LogP contribution in [-0.2, 0) is 0 Å². The van der Waals surface area contributed by atoms with Crippen LogP contribution in [0, 0.1) is 17.3 Å². The van der Waals surface area contributed by atoms with E-state index < -0.39 is 0 Å². The Hall–Kier alpha value is -0.0400. The molecule has 100 valence electrons. The van der Waals surface area contributed by atoms with E-state index >= 15 is 0 Å². The van der Waals surface area contributed by atoms with E-state index in [-0.39, 0.29) is 0 Å². The first kappa shape index (κ1) is 13.4. The van der Waals surface area contributed by atoms with Crippen LogP contribution in [0.1, 0.15) is 72.1 Å². The summed E-state index contributed by atoms with van der Waals surface area (Å²) in [4.78, 5) is 0. The number of nitrogens with one attached hydrogen (secondary N) is 1. The molecule has 1 N–H and O–H groups in total. The summed E-state index contributed by atoms with van der Waals surface area (Å²) in [5, 5.41) is 3.79. The SMILES string of the molecule is CCC1CC(CCNC2CCCCC2)C1(C)C. The molecule has 0 bridgehead atoms. The molecule has 1 nitrogen and oxygen atoms in total. The van der Waals surface area contributed by atoms with Gasteiger partial charge in [-0.3, -0.25) is 0 Å². The molecule has 0 aromatic carbocycles. The van der Waals surface area contributed by atoms with Crippen LogP contribution >= 0.6 is 0 Å². The Kier molecular flexibility index (Phi) is 4.52. The van der Waals surface area contributed by atoms with Crippen molar-refractivity contribution >= 4 is 0 Å². The Morgan fingerprint density at radius 3 is 2.35 bits per heavy atom. The van der Waals surface area contributed by atoms with Gasteiger partial charge in [0.25, 0.3) is 0 Å². The van der Waals surface area contributed by atoms with Gasteiger partial charge in [0.15, 0.2) is 0 Å². The van der Waals surface area contributed by atoms with Crippen molar-refractivity contribution in [3.8, 4) is 0 Å². The van der Waals surface area contributed by atoms with E-state index in [1.807, 2.05) is 0 Å². The summed E-state index contributed by atoms with van der Waals surface area (Å²) in [6.07, 6.45) is 11.5. The van der Waals surface area contributed by atoms with Crippen molar-refractivity contribution in [1.82, 2.24) is 5.32 Å². The smallest absolute Gasteiger partial charge is 0.00670 e. The van der Waals surface area contributed by atoms with Crippen LogP contribution in [-0.4, -0.2) is 12.6 Å². The highest BCUT2D eigenvalue weighted by Gasteiger charge is 2.45. The van der Waals surface area contributed by atoms with Gasteiger partial charge in [-0.05, 0) is 49.5 Å². The second-order valence-corrected chi connectivity index (χ2v) is 6.94. The Morgan fingerprint density at radius 1 is 1.06 bits per heavy atom. The molecule has 1 heteroatoms. The second kappa shape index (κ2) is 5.73. The minimum Gasteiger partial charge on any atom is -0.314 e. The lowest BCUT2D eigenvalue weighted by molar-refractivity contribution is -0.0273. The molecule has 0 saturated heterocycles. The molecule has 2 rings (SSSR count). The van der Waals surface area contributed by atoms with E-state index in [1.165, 1.54) is 57.9 Å². The largest absolute Gasteiger partial charge is 0.314 e. The first-order chi connectivity index (χ1) is 8.14. The summed E-state index contributed by atoms with van der Waals surface area (Å²) in [7, 11) is 0. The summed E-state index contributed by atoms with van der Waals surface area (Å²) < 4.78 is 0. The van der Waals surface area contributed by atoms with E-state index in [0.29, 0.717) is 5.41 Å². The Labute approximate surface area is 108 Å². The third-order valence-electron chi connectivity index (χ3n) is 5.70. The van der Waals surface area contributed by atoms with E-state index in [1.54, 1.807) is 0 Å². The minimum atomic E-state index is 0.614. The minimum absolute atomic E-state index is 0.614. The van der Waals surface area contributed by atoms with Crippen LogP contribution < -0.4 is 5.32 Å². The zero-order valence-corrected chi connectivity index (χ0v) is 12.1. The van der Waals surface area contributed by atoms with Gasteiger partial charge in [0.05, 0.1) is 0 Å². The lowest BCUT2D eigenvalue weighted by Gasteiger charge is -2.52. The van der Waals surface area contributed by atoms with Crippen molar-refractivity contribution in [3.05, 3.63) is 0 Å². The van der Waals surface area contributed by atoms with Crippen LogP contribution in [0.5, 0.6) is 0 Å². The molecule has 0 radical (unpaired) electrons. The maximum Gasteiger partial charge on any atom is 0.00670 e. The highest BCUT2D eigenvalue weighted by molar-refractivity contribution is 4.95. The molecular weight excluding hydrogens is 206 g/mol. The molecule has 2 aliphatic rings. The zero-order chi connectivity index (χ0) is 12.3. The fraction of sp³-hybridized carbons (Fsp3) is 1.00. The molecule has 0 amide bonds. The van der Waals surface area contributed by atoms with E-state index in [4.69, 9.17) is 0 Å². The maximum absolute atomic E-state index is 3.79. The summed E-state index contributed by atoms with van der Waals surface area (Å²) >= 11 is 0. The van der Waals surface area contributed by atoms with E-state index in [2.05, 4.69) is 26.1 Å². The average Bonchev–Trinajstić information content (AvgIpc) is 2.34. The zero-order valence-electron chi connectivity index (χ0n) is 12.1. The number of rotatable bonds is 5. The monoisotopic (exact) mass is 237 g/mol. The fourth-order valence-corrected chi connectivity index (χ4v) is 4.07. The molecule has 2 fully saturated rings. The molecule has 0 aromatic heterocycles. The van der Waals surface area contributed by atoms with Gasteiger partial charge in [-0.15, -0.1) is 0 Å². The third kappa shape index (κ3) is 3.05. The summed E-state index contributed by atoms with van der Waals surface area (Å²) in [6, 6.07) is 0.842. The van der Waals surface area contributed by atoms with Crippen LogP contribution in [0.4, 0.5) is 0 Å². The van der Waals surface area contributed by atoms with Crippen molar-refractivity contribution in [1.29, 1.82) is 0 Å². The van der Waals surface area contributed by atoms with E-state index in [0.717, 1.165) is 17.9 Å². The van der Waals surface area contributed by atoms with Crippen molar-refractivity contribution in [2.45, 2.75) is 78.2 Å². The topological polar surface area (TPSA) is 12.0 Å². The van der Waals surface area contributed by atoms with Gasteiger partial charge in [0.2, 0.25) is 0 Å². The van der Waals surface area contributed by atoms with Crippen LogP contribution in [0.25, 0.3) is 0 Å². The first-order valence-corrected chi connectivity index (χ1v) is 7.88. The van der Waals surface area contributed by atoms with Crippen molar-refractivity contribution in [2.75, 3.05) is 6.54 Å². The van der Waals surface area contributed by atoms with Gasteiger partial charge in [-0.1, -0.05) is 46.5 Å². The number of hydrogen-bond acceptors (Lipinski definition) is 1. The third-order valence-corrected chi connectivity index (χ3v) is 5.70. The van der Waals surface area contributed by atoms with Gasteiger partial charge in [0, 0.05) is 6.04 Å². The van der Waals surface area contributed by atoms with Gasteiger partial charge in [-0.2, -0.15) is 0 Å². The lowest BCUT2D eigenvalue weighted by Crippen LogP contribution is -2.46. The average molecular weight is 237 g/mol. The van der Waals surface area contributed by atoms with Gasteiger partial charge >= 0.3 is 0 Å². The molecule has 0 aromatic rings. The Balaban J connectivity index is 1.63. The maximum atomic E-state index is 3.79. The van der Waals surface area contributed by atoms with E-state index in [9.17, 15) is 0 Å². The Bertz CT molecular complexity index is 228. The lowest BCUT2D eigenvalue weighted by atomic mass is 9.53. The quantitative estimate of drug-likeness (QED) is 0.748. The van der Waals surface area contributed by atoms with Gasteiger partial charge in [-0.25, -0.2) is 0 Å². The normalized spacial score (nSPS) is 33.4. The molecule has 0 spiro atoms. The second-order valence-electron chi connectivity index (χ2n) is 6.94. The molecule has 2 unspecified atom stereocenters. The Morgan fingerprint density at radius 2 is 1.76 bits per heavy atom. The molecule has 2 aliphatic carbocycles. The van der Waals surface area contributed by atoms with Crippen LogP contribution in [0.2, 0.25) is 0 Å². The highest BCUT2D eigenvalue weighted by atomic mass is 14.9. The standard InChI is InChI=1S/C16H31N/c1-4-13-12-14(16(13,2)3)10-11-17-15-8-6-5-7-9-15/h13-15,17H,4-12H2,1-3H3. The van der Waals surface area contributed by atoms with Gasteiger partial charge < -0.3 is 5.32 Å². The molecule has 0 aliphatic heterocycles. The number of hydrogen-bond donors (Lipinski definition) is 1. The summed E-state index contributed by atoms with van der Waals surface area (Å²) in [6.45, 7) is 8.57. The summed E-state index contributed by atoms with van der Waals surface area (Å²) in [5.41, 5.74) is 0.614. The molecule has 0 heterocycles. The fourth-order valence-electron chi connectivity index (χ4n) is 4.07. The molecule has 2 atom stereocenters. The van der Waals surface area contributed by atoms with Crippen LogP contribution in [0.3, 0.4) is 0 Å². The van der Waals surface area contributed by atoms with Crippen molar-refractivity contribution in [3.63, 3.8) is 0 Å². The predicted octanol–water partition coefficient (Wildman–Crippen LogP) is 4.37. The molecule has 17 heavy (non-hydrogen) atoms. The highest BCUT2D eigenvalue weighted by Crippen LogP contribution is 2.54. The molecular formula is C16H31N.